The van der Waals surface area contributed by atoms with Gasteiger partial charge in [-0.3, -0.25) is 0 Å². The molecule has 2 aromatic rings. The number of sulfonamides is 1. The Bertz CT molecular complexity index is 871. The summed E-state index contributed by atoms with van der Waals surface area (Å²) >= 11 is 0. The summed E-state index contributed by atoms with van der Waals surface area (Å²) in [6.45, 7) is 2.66. The van der Waals surface area contributed by atoms with E-state index in [0.717, 1.165) is 37.7 Å². The quantitative estimate of drug-likeness (QED) is 0.818. The summed E-state index contributed by atoms with van der Waals surface area (Å²) in [6.07, 6.45) is 6.26. The predicted octanol–water partition coefficient (Wildman–Crippen LogP) is 4.40. The maximum Gasteiger partial charge on any atom is 0.243 e. The molecule has 132 valence electrons. The molecule has 0 radical (unpaired) electrons. The summed E-state index contributed by atoms with van der Waals surface area (Å²) in [7, 11) is -3.45. The van der Waals surface area contributed by atoms with Crippen LogP contribution in [0, 0.1) is 6.92 Å². The van der Waals surface area contributed by atoms with Gasteiger partial charge in [0, 0.05) is 6.54 Å². The highest BCUT2D eigenvalue weighted by Crippen LogP contribution is 2.37. The number of aryl methyl sites for hydroxylation is 3. The van der Waals surface area contributed by atoms with Crippen molar-refractivity contribution in [1.29, 1.82) is 0 Å². The van der Waals surface area contributed by atoms with Gasteiger partial charge in [-0.25, -0.2) is 8.42 Å². The van der Waals surface area contributed by atoms with E-state index in [2.05, 4.69) is 31.2 Å². The monoisotopic (exact) mass is 355 g/mol. The van der Waals surface area contributed by atoms with E-state index in [0.29, 0.717) is 11.4 Å². The molecule has 0 amide bonds. The maximum atomic E-state index is 13.3. The average molecular weight is 356 g/mol. The predicted molar refractivity (Wildman–Crippen MR) is 100 cm³/mol. The molecule has 0 saturated carbocycles. The van der Waals surface area contributed by atoms with Crippen molar-refractivity contribution in [3.8, 4) is 0 Å². The SMILES string of the molecule is Cc1ccc([C@@H]2CCCN2S(=O)(=O)c2ccc3c(c2)CCCC3)cc1. The van der Waals surface area contributed by atoms with Crippen LogP contribution in [0.25, 0.3) is 0 Å². The number of hydrogen-bond donors (Lipinski definition) is 0. The first-order valence-corrected chi connectivity index (χ1v) is 10.7. The first-order valence-electron chi connectivity index (χ1n) is 9.26. The zero-order valence-electron chi connectivity index (χ0n) is 14.7. The summed E-state index contributed by atoms with van der Waals surface area (Å²) in [5, 5.41) is 0. The molecule has 0 bridgehead atoms. The first-order chi connectivity index (χ1) is 12.1. The van der Waals surface area contributed by atoms with Crippen LogP contribution in [0.1, 0.15) is 54.0 Å². The van der Waals surface area contributed by atoms with Gasteiger partial charge in [-0.2, -0.15) is 4.31 Å². The van der Waals surface area contributed by atoms with Crippen molar-refractivity contribution in [3.63, 3.8) is 0 Å². The number of nitrogens with zero attached hydrogens (tertiary/aromatic N) is 1. The largest absolute Gasteiger partial charge is 0.243 e. The summed E-state index contributed by atoms with van der Waals surface area (Å²) in [5.41, 5.74) is 4.84. The van der Waals surface area contributed by atoms with E-state index in [-0.39, 0.29) is 6.04 Å². The molecule has 2 aliphatic rings. The Morgan fingerprint density at radius 1 is 0.920 bits per heavy atom. The Balaban J connectivity index is 1.68. The van der Waals surface area contributed by atoms with Gasteiger partial charge < -0.3 is 0 Å². The van der Waals surface area contributed by atoms with Crippen molar-refractivity contribution in [2.75, 3.05) is 6.54 Å². The first kappa shape index (κ1) is 16.8. The van der Waals surface area contributed by atoms with E-state index in [1.54, 1.807) is 4.31 Å². The van der Waals surface area contributed by atoms with Crippen LogP contribution in [0.4, 0.5) is 0 Å². The molecule has 3 nitrogen and oxygen atoms in total. The molecule has 2 aromatic carbocycles. The molecule has 1 fully saturated rings. The van der Waals surface area contributed by atoms with E-state index in [9.17, 15) is 8.42 Å². The lowest BCUT2D eigenvalue weighted by Gasteiger charge is -2.25. The van der Waals surface area contributed by atoms with Crippen molar-refractivity contribution in [2.45, 2.75) is 56.4 Å². The van der Waals surface area contributed by atoms with Crippen LogP contribution in [-0.4, -0.2) is 19.3 Å². The lowest BCUT2D eigenvalue weighted by molar-refractivity contribution is 0.396. The molecule has 0 N–H and O–H groups in total. The van der Waals surface area contributed by atoms with E-state index in [4.69, 9.17) is 0 Å². The molecule has 1 heterocycles. The average Bonchev–Trinajstić information content (AvgIpc) is 3.12. The van der Waals surface area contributed by atoms with Crippen LogP contribution in [-0.2, 0) is 22.9 Å². The highest BCUT2D eigenvalue weighted by Gasteiger charge is 2.36. The Morgan fingerprint density at radius 3 is 2.40 bits per heavy atom. The molecule has 0 aromatic heterocycles. The fraction of sp³-hybridized carbons (Fsp3) is 0.429. The molecular weight excluding hydrogens is 330 g/mol. The Labute approximate surface area is 150 Å². The summed E-state index contributed by atoms with van der Waals surface area (Å²) < 4.78 is 28.3. The van der Waals surface area contributed by atoms with Gasteiger partial charge in [0.05, 0.1) is 10.9 Å². The van der Waals surface area contributed by atoms with Crippen LogP contribution in [0.2, 0.25) is 0 Å². The lowest BCUT2D eigenvalue weighted by Crippen LogP contribution is -2.30. The molecule has 4 rings (SSSR count). The highest BCUT2D eigenvalue weighted by atomic mass is 32.2. The molecule has 25 heavy (non-hydrogen) atoms. The van der Waals surface area contributed by atoms with Crippen molar-refractivity contribution in [1.82, 2.24) is 4.31 Å². The normalized spacial score (nSPS) is 21.2. The molecule has 1 atom stereocenters. The van der Waals surface area contributed by atoms with E-state index < -0.39 is 10.0 Å². The number of fused-ring (bicyclic) bond motifs is 1. The summed E-state index contributed by atoms with van der Waals surface area (Å²) in [5.74, 6) is 0. The van der Waals surface area contributed by atoms with Gasteiger partial charge in [0.2, 0.25) is 10.0 Å². The fourth-order valence-electron chi connectivity index (χ4n) is 4.16. The zero-order valence-corrected chi connectivity index (χ0v) is 15.6. The second-order valence-corrected chi connectivity index (χ2v) is 9.21. The van der Waals surface area contributed by atoms with E-state index in [1.807, 2.05) is 18.2 Å². The highest BCUT2D eigenvalue weighted by molar-refractivity contribution is 7.89. The van der Waals surface area contributed by atoms with Gasteiger partial charge in [0.15, 0.2) is 0 Å². The van der Waals surface area contributed by atoms with Crippen LogP contribution in [0.15, 0.2) is 47.4 Å². The second kappa shape index (κ2) is 6.58. The van der Waals surface area contributed by atoms with Crippen molar-refractivity contribution in [2.24, 2.45) is 0 Å². The van der Waals surface area contributed by atoms with Crippen LogP contribution in [0.5, 0.6) is 0 Å². The number of hydrogen-bond acceptors (Lipinski definition) is 2. The van der Waals surface area contributed by atoms with Crippen molar-refractivity contribution in [3.05, 3.63) is 64.7 Å². The molecule has 0 unspecified atom stereocenters. The maximum absolute atomic E-state index is 13.3. The van der Waals surface area contributed by atoms with Crippen LogP contribution >= 0.6 is 0 Å². The molecule has 4 heteroatoms. The third-order valence-corrected chi connectivity index (χ3v) is 7.50. The van der Waals surface area contributed by atoms with Gasteiger partial charge in [0.1, 0.15) is 0 Å². The molecule has 1 saturated heterocycles. The Morgan fingerprint density at radius 2 is 1.64 bits per heavy atom. The molecule has 1 aliphatic carbocycles. The number of rotatable bonds is 3. The van der Waals surface area contributed by atoms with Crippen LogP contribution < -0.4 is 0 Å². The van der Waals surface area contributed by atoms with Gasteiger partial charge in [-0.15, -0.1) is 0 Å². The summed E-state index contributed by atoms with van der Waals surface area (Å²) in [6, 6.07) is 14.0. The smallest absolute Gasteiger partial charge is 0.207 e. The van der Waals surface area contributed by atoms with Crippen LogP contribution in [0.3, 0.4) is 0 Å². The van der Waals surface area contributed by atoms with Gasteiger partial charge in [-0.05, 0) is 74.3 Å². The zero-order chi connectivity index (χ0) is 17.4. The Hall–Kier alpha value is -1.65. The van der Waals surface area contributed by atoms with E-state index >= 15 is 0 Å². The van der Waals surface area contributed by atoms with Gasteiger partial charge >= 0.3 is 0 Å². The lowest BCUT2D eigenvalue weighted by atomic mass is 9.92. The minimum absolute atomic E-state index is 0.0402. The summed E-state index contributed by atoms with van der Waals surface area (Å²) in [4.78, 5) is 0.465. The molecular formula is C21H25NO2S. The standard InChI is InChI=1S/C21H25NO2S/c1-16-8-10-18(11-9-16)21-7-4-14-22(21)25(23,24)20-13-12-17-5-2-3-6-19(17)15-20/h8-13,15,21H,2-7,14H2,1H3/t21-/m0/s1. The molecule has 0 spiro atoms. The second-order valence-electron chi connectivity index (χ2n) is 7.32. The molecule has 1 aliphatic heterocycles. The minimum Gasteiger partial charge on any atom is -0.207 e. The van der Waals surface area contributed by atoms with E-state index in [1.165, 1.54) is 23.1 Å². The van der Waals surface area contributed by atoms with Crippen molar-refractivity contribution < 1.29 is 8.42 Å². The third-order valence-electron chi connectivity index (χ3n) is 5.59. The topological polar surface area (TPSA) is 37.4 Å². The number of benzene rings is 2. The Kier molecular flexibility index (Phi) is 4.42. The third kappa shape index (κ3) is 3.13. The minimum atomic E-state index is -3.45. The van der Waals surface area contributed by atoms with Crippen molar-refractivity contribution >= 4 is 10.0 Å². The van der Waals surface area contributed by atoms with Gasteiger partial charge in [-0.1, -0.05) is 35.9 Å². The van der Waals surface area contributed by atoms with Gasteiger partial charge in [0.25, 0.3) is 0 Å². The fourth-order valence-corrected chi connectivity index (χ4v) is 5.89.